The van der Waals surface area contributed by atoms with Gasteiger partial charge >= 0.3 is 0 Å². The highest BCUT2D eigenvalue weighted by atomic mass is 32.1. The van der Waals surface area contributed by atoms with Crippen LogP contribution in [0.1, 0.15) is 4.88 Å². The molecule has 0 amide bonds. The highest BCUT2D eigenvalue weighted by Crippen LogP contribution is 2.28. The third-order valence-electron chi connectivity index (χ3n) is 1.87. The van der Waals surface area contributed by atoms with Crippen LogP contribution in [0, 0.1) is 6.92 Å². The summed E-state index contributed by atoms with van der Waals surface area (Å²) in [7, 11) is 1.92. The maximum Gasteiger partial charge on any atom is 0.230 e. The van der Waals surface area contributed by atoms with E-state index in [9.17, 15) is 0 Å². The van der Waals surface area contributed by atoms with E-state index < -0.39 is 0 Å². The Labute approximate surface area is 85.6 Å². The predicted octanol–water partition coefficient (Wildman–Crippen LogP) is 1.52. The van der Waals surface area contributed by atoms with Crippen LogP contribution in [0.4, 0.5) is 16.9 Å². The van der Waals surface area contributed by atoms with Gasteiger partial charge in [0.25, 0.3) is 0 Å². The first kappa shape index (κ1) is 9.01. The number of aromatic nitrogens is 3. The Morgan fingerprint density at radius 2 is 2.21 bits per heavy atom. The number of anilines is 3. The lowest BCUT2D eigenvalue weighted by atomic mass is 10.5. The molecule has 5 nitrogen and oxygen atoms in total. The van der Waals surface area contributed by atoms with Crippen LogP contribution in [0.5, 0.6) is 0 Å². The molecule has 6 heteroatoms. The fraction of sp³-hybridized carbons (Fsp3) is 0.250. The SMILES string of the molecule is Cc1ccc(N(C)c2nnc(N)[nH]2)s1. The van der Waals surface area contributed by atoms with Gasteiger partial charge in [-0.05, 0) is 19.1 Å². The van der Waals surface area contributed by atoms with Crippen LogP contribution >= 0.6 is 11.3 Å². The molecule has 0 aromatic carbocycles. The van der Waals surface area contributed by atoms with Gasteiger partial charge in [0.1, 0.15) is 0 Å². The van der Waals surface area contributed by atoms with Crippen molar-refractivity contribution in [1.29, 1.82) is 0 Å². The third-order valence-corrected chi connectivity index (χ3v) is 2.94. The highest BCUT2D eigenvalue weighted by molar-refractivity contribution is 7.16. The Morgan fingerprint density at radius 3 is 2.71 bits per heavy atom. The van der Waals surface area contributed by atoms with Crippen molar-refractivity contribution in [3.8, 4) is 0 Å². The van der Waals surface area contributed by atoms with Crippen LogP contribution in [-0.4, -0.2) is 22.2 Å². The molecule has 0 aliphatic heterocycles. The molecule has 0 spiro atoms. The molecule has 2 heterocycles. The minimum atomic E-state index is 0.333. The summed E-state index contributed by atoms with van der Waals surface area (Å²) >= 11 is 1.70. The van der Waals surface area contributed by atoms with Crippen molar-refractivity contribution in [2.45, 2.75) is 6.92 Å². The van der Waals surface area contributed by atoms with Gasteiger partial charge in [0.2, 0.25) is 11.9 Å². The van der Waals surface area contributed by atoms with Crippen LogP contribution in [0.3, 0.4) is 0 Å². The van der Waals surface area contributed by atoms with E-state index in [0.717, 1.165) is 5.00 Å². The number of hydrogen-bond acceptors (Lipinski definition) is 5. The van der Waals surface area contributed by atoms with Gasteiger partial charge in [-0.3, -0.25) is 4.98 Å². The topological polar surface area (TPSA) is 70.8 Å². The van der Waals surface area contributed by atoms with Crippen LogP contribution in [0.15, 0.2) is 12.1 Å². The number of nitrogen functional groups attached to an aromatic ring is 1. The summed E-state index contributed by atoms with van der Waals surface area (Å²) in [6.45, 7) is 2.07. The zero-order chi connectivity index (χ0) is 10.1. The largest absolute Gasteiger partial charge is 0.368 e. The molecule has 0 radical (unpaired) electrons. The van der Waals surface area contributed by atoms with Crippen LogP contribution in [0.2, 0.25) is 0 Å². The molecule has 0 fully saturated rings. The number of rotatable bonds is 2. The summed E-state index contributed by atoms with van der Waals surface area (Å²) < 4.78 is 0. The quantitative estimate of drug-likeness (QED) is 0.786. The molecule has 0 aliphatic rings. The molecule has 0 atom stereocenters. The van der Waals surface area contributed by atoms with Crippen molar-refractivity contribution in [3.63, 3.8) is 0 Å². The van der Waals surface area contributed by atoms with E-state index in [1.807, 2.05) is 18.0 Å². The first-order chi connectivity index (χ1) is 6.66. The van der Waals surface area contributed by atoms with E-state index >= 15 is 0 Å². The smallest absolute Gasteiger partial charge is 0.230 e. The Hall–Kier alpha value is -1.56. The standard InChI is InChI=1S/C8H11N5S/c1-5-3-4-6(14-5)13(2)8-10-7(9)11-12-8/h3-4H,1-2H3,(H3,9,10,11,12). The second-order valence-corrected chi connectivity index (χ2v) is 4.24. The van der Waals surface area contributed by atoms with Crippen molar-refractivity contribution >= 4 is 28.2 Å². The van der Waals surface area contributed by atoms with Crippen LogP contribution in [0.25, 0.3) is 0 Å². The molecule has 0 aliphatic carbocycles. The number of aryl methyl sites for hydroxylation is 1. The molecular formula is C8H11N5S. The Kier molecular flexibility index (Phi) is 2.12. The van der Waals surface area contributed by atoms with Crippen molar-refractivity contribution in [2.75, 3.05) is 17.7 Å². The predicted molar refractivity (Wildman–Crippen MR) is 57.9 cm³/mol. The average Bonchev–Trinajstić information content (AvgIpc) is 2.73. The van der Waals surface area contributed by atoms with Gasteiger partial charge in [0.15, 0.2) is 0 Å². The van der Waals surface area contributed by atoms with E-state index in [-0.39, 0.29) is 0 Å². The Morgan fingerprint density at radius 1 is 1.43 bits per heavy atom. The summed E-state index contributed by atoms with van der Waals surface area (Å²) in [5.41, 5.74) is 5.45. The molecule has 3 N–H and O–H groups in total. The molecule has 74 valence electrons. The van der Waals surface area contributed by atoms with Crippen molar-refractivity contribution < 1.29 is 0 Å². The van der Waals surface area contributed by atoms with Gasteiger partial charge in [-0.25, -0.2) is 0 Å². The van der Waals surface area contributed by atoms with E-state index in [2.05, 4.69) is 28.2 Å². The number of H-pyrrole nitrogens is 1. The van der Waals surface area contributed by atoms with E-state index in [4.69, 9.17) is 5.73 Å². The second-order valence-electron chi connectivity index (χ2n) is 2.98. The minimum Gasteiger partial charge on any atom is -0.368 e. The van der Waals surface area contributed by atoms with Crippen molar-refractivity contribution in [3.05, 3.63) is 17.0 Å². The lowest BCUT2D eigenvalue weighted by molar-refractivity contribution is 1.04. The van der Waals surface area contributed by atoms with E-state index in [0.29, 0.717) is 11.9 Å². The van der Waals surface area contributed by atoms with Crippen LogP contribution < -0.4 is 10.6 Å². The lowest BCUT2D eigenvalue weighted by Crippen LogP contribution is -2.09. The van der Waals surface area contributed by atoms with Crippen molar-refractivity contribution in [1.82, 2.24) is 15.2 Å². The normalized spacial score (nSPS) is 10.4. The zero-order valence-corrected chi connectivity index (χ0v) is 8.80. The second kappa shape index (κ2) is 3.30. The van der Waals surface area contributed by atoms with Gasteiger partial charge in [0.05, 0.1) is 5.00 Å². The molecule has 2 aromatic rings. The first-order valence-corrected chi connectivity index (χ1v) is 4.97. The summed E-state index contributed by atoms with van der Waals surface area (Å²) in [6, 6.07) is 4.11. The van der Waals surface area contributed by atoms with Gasteiger partial charge in [-0.1, -0.05) is 0 Å². The van der Waals surface area contributed by atoms with Gasteiger partial charge in [0, 0.05) is 11.9 Å². The van der Waals surface area contributed by atoms with Gasteiger partial charge in [-0.2, -0.15) is 0 Å². The minimum absolute atomic E-state index is 0.333. The fourth-order valence-electron chi connectivity index (χ4n) is 1.12. The Bertz CT molecular complexity index is 392. The molecule has 0 unspecified atom stereocenters. The third kappa shape index (κ3) is 1.56. The van der Waals surface area contributed by atoms with Crippen molar-refractivity contribution in [2.24, 2.45) is 0 Å². The van der Waals surface area contributed by atoms with Crippen LogP contribution in [-0.2, 0) is 0 Å². The number of nitrogens with one attached hydrogen (secondary N) is 1. The number of hydrogen-bond donors (Lipinski definition) is 2. The molecule has 2 rings (SSSR count). The van der Waals surface area contributed by atoms with Gasteiger partial charge < -0.3 is 10.6 Å². The molecule has 2 aromatic heterocycles. The molecule has 14 heavy (non-hydrogen) atoms. The summed E-state index contributed by atoms with van der Waals surface area (Å²) in [5.74, 6) is 0.990. The summed E-state index contributed by atoms with van der Waals surface area (Å²) in [5, 5.41) is 8.72. The maximum absolute atomic E-state index is 5.45. The molecule has 0 saturated heterocycles. The molecule has 0 saturated carbocycles. The monoisotopic (exact) mass is 209 g/mol. The fourth-order valence-corrected chi connectivity index (χ4v) is 1.95. The molecular weight excluding hydrogens is 198 g/mol. The molecule has 0 bridgehead atoms. The number of thiophene rings is 1. The number of nitrogens with two attached hydrogens (primary N) is 1. The summed E-state index contributed by atoms with van der Waals surface area (Å²) in [4.78, 5) is 6.05. The Balaban J connectivity index is 2.28. The summed E-state index contributed by atoms with van der Waals surface area (Å²) in [6.07, 6.45) is 0. The number of aromatic amines is 1. The highest BCUT2D eigenvalue weighted by Gasteiger charge is 2.09. The van der Waals surface area contributed by atoms with E-state index in [1.165, 1.54) is 4.88 Å². The maximum atomic E-state index is 5.45. The van der Waals surface area contributed by atoms with Gasteiger partial charge in [-0.15, -0.1) is 21.5 Å². The number of nitrogens with zero attached hydrogens (tertiary/aromatic N) is 3. The average molecular weight is 209 g/mol. The zero-order valence-electron chi connectivity index (χ0n) is 7.98. The van der Waals surface area contributed by atoms with E-state index in [1.54, 1.807) is 11.3 Å². The first-order valence-electron chi connectivity index (χ1n) is 4.15. The lowest BCUT2D eigenvalue weighted by Gasteiger charge is -2.11.